The minimum Gasteiger partial charge on any atom is -0.481 e. The summed E-state index contributed by atoms with van der Waals surface area (Å²) in [6, 6.07) is 6.05. The molecule has 0 atom stereocenters. The quantitative estimate of drug-likeness (QED) is 0.790. The van der Waals surface area contributed by atoms with E-state index in [2.05, 4.69) is 10.6 Å². The largest absolute Gasteiger partial charge is 0.481 e. The van der Waals surface area contributed by atoms with Gasteiger partial charge in [-0.3, -0.25) is 9.36 Å². The topological polar surface area (TPSA) is 72.4 Å². The van der Waals surface area contributed by atoms with Gasteiger partial charge in [0, 0.05) is 24.4 Å². The number of hydrogen-bond donors (Lipinski definition) is 2. The molecule has 160 valence electrons. The molecule has 1 aromatic carbocycles. The van der Waals surface area contributed by atoms with Gasteiger partial charge in [0.1, 0.15) is 11.4 Å². The lowest BCUT2D eigenvalue weighted by molar-refractivity contribution is -0.138. The normalized spacial score (nSPS) is 15.3. The molecule has 0 aliphatic carbocycles. The zero-order chi connectivity index (χ0) is 22.3. The second-order valence-electron chi connectivity index (χ2n) is 7.34. The predicted octanol–water partition coefficient (Wildman–Crippen LogP) is 3.88. The zero-order valence-corrected chi connectivity index (χ0v) is 17.0. The Morgan fingerprint density at radius 2 is 1.90 bits per heavy atom. The van der Waals surface area contributed by atoms with Gasteiger partial charge in [-0.15, -0.1) is 0 Å². The number of rotatable bonds is 3. The minimum atomic E-state index is -4.59. The highest BCUT2D eigenvalue weighted by atomic mass is 19.4. The van der Waals surface area contributed by atoms with Gasteiger partial charge in [-0.05, 0) is 51.5 Å². The Balaban J connectivity index is 2.41. The van der Waals surface area contributed by atoms with Crippen molar-refractivity contribution >= 4 is 11.7 Å². The van der Waals surface area contributed by atoms with Crippen LogP contribution >= 0.6 is 0 Å². The van der Waals surface area contributed by atoms with Crippen LogP contribution in [0.4, 0.5) is 18.0 Å². The summed E-state index contributed by atoms with van der Waals surface area (Å²) in [6.07, 6.45) is -3.14. The number of hydrogen-bond acceptors (Lipinski definition) is 3. The summed E-state index contributed by atoms with van der Waals surface area (Å²) >= 11 is 0. The Hall–Kier alpha value is -3.23. The van der Waals surface area contributed by atoms with Crippen LogP contribution in [0.15, 0.2) is 47.0 Å². The number of amides is 2. The maximum Gasteiger partial charge on any atom is 0.416 e. The molecular weight excluding hydrogens is 399 g/mol. The molecule has 2 aromatic rings. The van der Waals surface area contributed by atoms with Crippen LogP contribution in [0.25, 0.3) is 5.70 Å². The van der Waals surface area contributed by atoms with Crippen molar-refractivity contribution in [2.45, 2.75) is 39.5 Å². The molecule has 0 unspecified atom stereocenters. The van der Waals surface area contributed by atoms with Gasteiger partial charge in [0.25, 0.3) is 5.56 Å². The number of aromatic nitrogens is 1. The van der Waals surface area contributed by atoms with Gasteiger partial charge in [-0.2, -0.15) is 13.2 Å². The van der Waals surface area contributed by atoms with Crippen LogP contribution in [0, 0.1) is 6.92 Å². The monoisotopic (exact) mass is 421 g/mol. The summed E-state index contributed by atoms with van der Waals surface area (Å²) in [7, 11) is 0. The summed E-state index contributed by atoms with van der Waals surface area (Å²) in [6.45, 7) is 6.72. The fourth-order valence-corrected chi connectivity index (χ4v) is 3.49. The number of nitrogens with one attached hydrogen (secondary N) is 2. The second kappa shape index (κ2) is 7.55. The van der Waals surface area contributed by atoms with Crippen LogP contribution in [-0.4, -0.2) is 22.7 Å². The molecule has 0 radical (unpaired) electrons. The molecule has 30 heavy (non-hydrogen) atoms. The fraction of sp³-hybridized carbons (Fsp3) is 0.333. The number of benzene rings is 1. The highest BCUT2D eigenvalue weighted by Crippen LogP contribution is 2.45. The molecule has 2 amide bonds. The smallest absolute Gasteiger partial charge is 0.416 e. The molecule has 1 aliphatic heterocycles. The molecule has 2 N–H and O–H groups in total. The van der Waals surface area contributed by atoms with Gasteiger partial charge >= 0.3 is 12.2 Å². The number of urea groups is 1. The summed E-state index contributed by atoms with van der Waals surface area (Å²) in [5.74, 6) is 0.192. The Bertz CT molecular complexity index is 1080. The molecule has 6 nitrogen and oxygen atoms in total. The maximum absolute atomic E-state index is 13.6. The van der Waals surface area contributed by atoms with E-state index >= 15 is 0 Å². The lowest BCUT2D eigenvalue weighted by Crippen LogP contribution is -2.47. The molecule has 0 saturated carbocycles. The van der Waals surface area contributed by atoms with Crippen LogP contribution in [0.1, 0.15) is 37.5 Å². The lowest BCUT2D eigenvalue weighted by Gasteiger charge is -2.38. The number of nitrogens with zero attached hydrogens (tertiary/aromatic N) is 1. The van der Waals surface area contributed by atoms with Crippen molar-refractivity contribution < 1.29 is 22.7 Å². The number of fused-ring (bicyclic) bond motifs is 1. The third kappa shape index (κ3) is 3.79. The minimum absolute atomic E-state index is 0.101. The molecule has 0 spiro atoms. The summed E-state index contributed by atoms with van der Waals surface area (Å²) < 4.78 is 47.9. The average molecular weight is 421 g/mol. The Labute approximate surface area is 171 Å². The van der Waals surface area contributed by atoms with Crippen molar-refractivity contribution in [1.82, 2.24) is 15.2 Å². The maximum atomic E-state index is 13.6. The van der Waals surface area contributed by atoms with Gasteiger partial charge in [-0.1, -0.05) is 6.07 Å². The van der Waals surface area contributed by atoms with E-state index in [0.717, 1.165) is 6.07 Å². The number of ether oxygens (including phenoxy) is 1. The standard InChI is InChI=1S/C21H22F3N3O3/c1-5-25-19(29)26-18-17(27-11-7-6-8-15(27)28)16-12(2)13(21(22,23)24)9-10-14(16)30-20(18,3)4/h6-11H,5H2,1-4H3,(H2,25,26,29). The first-order valence-corrected chi connectivity index (χ1v) is 9.35. The first-order chi connectivity index (χ1) is 14.0. The molecule has 0 fully saturated rings. The van der Waals surface area contributed by atoms with Crippen molar-refractivity contribution in [3.63, 3.8) is 0 Å². The zero-order valence-electron chi connectivity index (χ0n) is 17.0. The van der Waals surface area contributed by atoms with Crippen molar-refractivity contribution in [3.8, 4) is 5.75 Å². The molecule has 1 aliphatic rings. The van der Waals surface area contributed by atoms with E-state index in [4.69, 9.17) is 4.74 Å². The van der Waals surface area contributed by atoms with Crippen molar-refractivity contribution in [3.05, 3.63) is 69.3 Å². The van der Waals surface area contributed by atoms with Gasteiger partial charge < -0.3 is 15.4 Å². The van der Waals surface area contributed by atoms with E-state index in [1.165, 1.54) is 35.9 Å². The number of carbonyl (C=O) groups is 1. The van der Waals surface area contributed by atoms with Crippen LogP contribution in [-0.2, 0) is 6.18 Å². The second-order valence-corrected chi connectivity index (χ2v) is 7.34. The Morgan fingerprint density at radius 3 is 2.50 bits per heavy atom. The first kappa shape index (κ1) is 21.5. The predicted molar refractivity (Wildman–Crippen MR) is 106 cm³/mol. The van der Waals surface area contributed by atoms with E-state index in [9.17, 15) is 22.8 Å². The third-order valence-corrected chi connectivity index (χ3v) is 4.81. The number of pyridine rings is 1. The highest BCUT2D eigenvalue weighted by molar-refractivity contribution is 5.84. The molecule has 0 bridgehead atoms. The van der Waals surface area contributed by atoms with Crippen LogP contribution in [0.3, 0.4) is 0 Å². The summed E-state index contributed by atoms with van der Waals surface area (Å²) in [5.41, 5.74) is -2.11. The van der Waals surface area contributed by atoms with E-state index in [1.807, 2.05) is 0 Å². The molecular formula is C21H22F3N3O3. The van der Waals surface area contributed by atoms with Crippen LogP contribution in [0.2, 0.25) is 0 Å². The third-order valence-electron chi connectivity index (χ3n) is 4.81. The van der Waals surface area contributed by atoms with Crippen molar-refractivity contribution in [2.24, 2.45) is 0 Å². The van der Waals surface area contributed by atoms with Crippen molar-refractivity contribution in [1.29, 1.82) is 0 Å². The fourth-order valence-electron chi connectivity index (χ4n) is 3.49. The summed E-state index contributed by atoms with van der Waals surface area (Å²) in [4.78, 5) is 24.9. The van der Waals surface area contributed by atoms with Crippen LogP contribution < -0.4 is 20.9 Å². The average Bonchev–Trinajstić information content (AvgIpc) is 2.62. The molecule has 3 rings (SSSR count). The van der Waals surface area contributed by atoms with Gasteiger partial charge in [-0.25, -0.2) is 4.79 Å². The van der Waals surface area contributed by atoms with E-state index in [-0.39, 0.29) is 28.3 Å². The number of halogens is 3. The molecule has 2 heterocycles. The van der Waals surface area contributed by atoms with E-state index in [1.54, 1.807) is 26.8 Å². The summed E-state index contributed by atoms with van der Waals surface area (Å²) in [5, 5.41) is 5.26. The Kier molecular flexibility index (Phi) is 5.40. The SMILES string of the molecule is CCNC(=O)NC1=C(n2ccccc2=O)c2c(ccc(C(F)(F)F)c2C)OC1(C)C. The highest BCUT2D eigenvalue weighted by Gasteiger charge is 2.41. The number of alkyl halides is 3. The van der Waals surface area contributed by atoms with E-state index < -0.39 is 28.9 Å². The molecule has 0 saturated heterocycles. The van der Waals surface area contributed by atoms with Gasteiger partial charge in [0.2, 0.25) is 0 Å². The van der Waals surface area contributed by atoms with Crippen LogP contribution in [0.5, 0.6) is 5.75 Å². The van der Waals surface area contributed by atoms with Gasteiger partial charge in [0.15, 0.2) is 0 Å². The molecule has 9 heteroatoms. The Morgan fingerprint density at radius 1 is 1.20 bits per heavy atom. The molecule has 1 aromatic heterocycles. The van der Waals surface area contributed by atoms with Crippen molar-refractivity contribution in [2.75, 3.05) is 6.54 Å². The lowest BCUT2D eigenvalue weighted by atomic mass is 9.90. The van der Waals surface area contributed by atoms with E-state index in [0.29, 0.717) is 6.54 Å². The van der Waals surface area contributed by atoms with Gasteiger partial charge in [0.05, 0.1) is 17.0 Å². The number of carbonyl (C=O) groups excluding carboxylic acids is 1. The first-order valence-electron chi connectivity index (χ1n) is 9.35.